The highest BCUT2D eigenvalue weighted by Gasteiger charge is 2.50. The van der Waals surface area contributed by atoms with Crippen molar-refractivity contribution < 1.29 is 0 Å². The van der Waals surface area contributed by atoms with Crippen LogP contribution in [0.4, 0.5) is 0 Å². The predicted octanol–water partition coefficient (Wildman–Crippen LogP) is 13.5. The lowest BCUT2D eigenvalue weighted by molar-refractivity contribution is 0.723. The summed E-state index contributed by atoms with van der Waals surface area (Å²) in [6.45, 7) is 0. The van der Waals surface area contributed by atoms with Crippen LogP contribution in [0.1, 0.15) is 27.8 Å². The normalized spacial score (nSPS) is 12.9. The van der Waals surface area contributed by atoms with Crippen LogP contribution >= 0.6 is 11.8 Å². The van der Waals surface area contributed by atoms with E-state index in [1.54, 1.807) is 0 Å². The van der Waals surface area contributed by atoms with Crippen molar-refractivity contribution >= 4 is 11.8 Å². The van der Waals surface area contributed by atoms with Crippen LogP contribution in [-0.4, -0.2) is 9.97 Å². The third-order valence-corrected chi connectivity index (χ3v) is 12.7. The van der Waals surface area contributed by atoms with Gasteiger partial charge in [0.2, 0.25) is 0 Å². The van der Waals surface area contributed by atoms with Gasteiger partial charge in [-0.3, -0.25) is 0 Å². The Morgan fingerprint density at radius 2 is 0.862 bits per heavy atom. The first-order valence-corrected chi connectivity index (χ1v) is 20.3. The number of rotatable bonds is 5. The number of hydrogen-bond donors (Lipinski definition) is 0. The van der Waals surface area contributed by atoms with Crippen LogP contribution in [0.2, 0.25) is 0 Å². The molecule has 0 N–H and O–H groups in total. The number of nitrogens with zero attached hydrogens (tertiary/aromatic N) is 3. The summed E-state index contributed by atoms with van der Waals surface area (Å²) in [5, 5.41) is 9.46. The Balaban J connectivity index is 1.07. The standard InChI is InChI=1S/C54H33N3S/c55-34-35-22-24-36(25-23-35)40-26-28-47-51(31-40)58-52-32-41(27-29-48(52)54(47)45-20-9-7-18-43(45)44-19-8-10-21-46(44)54)39-16-11-17-42(30-39)50-33-49(37-12-3-1-4-13-37)56-53(57-50)38-14-5-2-6-15-38/h1-33H. The summed E-state index contributed by atoms with van der Waals surface area (Å²) in [5.41, 5.74) is 17.3. The van der Waals surface area contributed by atoms with Gasteiger partial charge in [-0.15, -0.1) is 0 Å². The minimum Gasteiger partial charge on any atom is -0.228 e. The van der Waals surface area contributed by atoms with Crippen molar-refractivity contribution in [3.05, 3.63) is 228 Å². The highest BCUT2D eigenvalue weighted by atomic mass is 32.2. The number of nitriles is 1. The maximum Gasteiger partial charge on any atom is 0.160 e. The highest BCUT2D eigenvalue weighted by molar-refractivity contribution is 7.99. The van der Waals surface area contributed by atoms with Crippen LogP contribution < -0.4 is 0 Å². The maximum absolute atomic E-state index is 9.46. The molecule has 1 aromatic heterocycles. The molecule has 0 unspecified atom stereocenters. The molecule has 1 aliphatic carbocycles. The zero-order valence-corrected chi connectivity index (χ0v) is 32.1. The van der Waals surface area contributed by atoms with E-state index in [0.717, 1.165) is 50.3 Å². The summed E-state index contributed by atoms with van der Waals surface area (Å²) in [5.74, 6) is 0.703. The molecule has 2 heterocycles. The van der Waals surface area contributed by atoms with E-state index < -0.39 is 5.41 Å². The lowest BCUT2D eigenvalue weighted by Crippen LogP contribution is -2.32. The van der Waals surface area contributed by atoms with Gasteiger partial charge >= 0.3 is 0 Å². The number of hydrogen-bond acceptors (Lipinski definition) is 4. The van der Waals surface area contributed by atoms with Crippen molar-refractivity contribution in [3.63, 3.8) is 0 Å². The Labute approximate surface area is 342 Å². The number of aromatic nitrogens is 2. The molecule has 1 aliphatic heterocycles. The topological polar surface area (TPSA) is 49.6 Å². The van der Waals surface area contributed by atoms with E-state index in [1.807, 2.05) is 72.4 Å². The van der Waals surface area contributed by atoms with Crippen LogP contribution in [0, 0.1) is 11.3 Å². The molecule has 0 radical (unpaired) electrons. The first-order valence-electron chi connectivity index (χ1n) is 19.4. The molecule has 0 bridgehead atoms. The Bertz CT molecular complexity index is 2990. The van der Waals surface area contributed by atoms with Crippen molar-refractivity contribution in [2.45, 2.75) is 15.2 Å². The molecule has 3 nitrogen and oxygen atoms in total. The second-order valence-corrected chi connectivity index (χ2v) is 15.9. The van der Waals surface area contributed by atoms with Crippen molar-refractivity contribution in [1.82, 2.24) is 9.97 Å². The van der Waals surface area contributed by atoms with Gasteiger partial charge in [0.15, 0.2) is 5.82 Å². The fourth-order valence-electron chi connectivity index (χ4n) is 8.93. The average Bonchev–Trinajstić information content (AvgIpc) is 3.59. The van der Waals surface area contributed by atoms with E-state index >= 15 is 0 Å². The van der Waals surface area contributed by atoms with Crippen LogP contribution in [0.3, 0.4) is 0 Å². The minimum absolute atomic E-state index is 0.477. The van der Waals surface area contributed by atoms with Crippen molar-refractivity contribution in [2.75, 3.05) is 0 Å². The van der Waals surface area contributed by atoms with Gasteiger partial charge in [-0.2, -0.15) is 5.26 Å². The smallest absolute Gasteiger partial charge is 0.160 e. The molecule has 4 heteroatoms. The van der Waals surface area contributed by atoms with Crippen LogP contribution in [0.25, 0.3) is 67.3 Å². The van der Waals surface area contributed by atoms with E-state index in [0.29, 0.717) is 11.4 Å². The summed E-state index contributed by atoms with van der Waals surface area (Å²) in [6, 6.07) is 73.3. The third-order valence-electron chi connectivity index (χ3n) is 11.6. The summed E-state index contributed by atoms with van der Waals surface area (Å²) in [6.07, 6.45) is 0. The van der Waals surface area contributed by atoms with Gasteiger partial charge in [0, 0.05) is 26.5 Å². The average molecular weight is 756 g/mol. The van der Waals surface area contributed by atoms with E-state index in [9.17, 15) is 5.26 Å². The maximum atomic E-state index is 9.46. The van der Waals surface area contributed by atoms with Crippen LogP contribution in [0.5, 0.6) is 0 Å². The number of benzene rings is 8. The monoisotopic (exact) mass is 755 g/mol. The molecule has 8 aromatic carbocycles. The largest absolute Gasteiger partial charge is 0.228 e. The summed E-state index contributed by atoms with van der Waals surface area (Å²) in [7, 11) is 0. The first kappa shape index (κ1) is 34.0. The molecule has 58 heavy (non-hydrogen) atoms. The second-order valence-electron chi connectivity index (χ2n) is 14.8. The van der Waals surface area contributed by atoms with E-state index in [-0.39, 0.29) is 0 Å². The minimum atomic E-state index is -0.477. The molecule has 0 atom stereocenters. The SMILES string of the molecule is N#Cc1ccc(-c2ccc3c(c2)Sc2cc(-c4cccc(-c5cc(-c6ccccc6)nc(-c6ccccc6)n5)c4)ccc2C32c3ccccc3-c3ccccc32)cc1. The zero-order valence-electron chi connectivity index (χ0n) is 31.3. The van der Waals surface area contributed by atoms with Gasteiger partial charge in [-0.1, -0.05) is 176 Å². The molecular weight excluding hydrogens is 723 g/mol. The fourth-order valence-corrected chi connectivity index (χ4v) is 10.2. The molecule has 0 saturated carbocycles. The van der Waals surface area contributed by atoms with Crippen molar-refractivity contribution in [2.24, 2.45) is 0 Å². The van der Waals surface area contributed by atoms with Gasteiger partial charge in [0.25, 0.3) is 0 Å². The van der Waals surface area contributed by atoms with Gasteiger partial charge in [-0.25, -0.2) is 9.97 Å². The molecule has 0 fully saturated rings. The molecule has 9 aromatic rings. The molecule has 1 spiro atoms. The third kappa shape index (κ3) is 5.44. The van der Waals surface area contributed by atoms with Crippen molar-refractivity contribution in [3.8, 4) is 73.4 Å². The highest BCUT2D eigenvalue weighted by Crippen LogP contribution is 2.62. The van der Waals surface area contributed by atoms with Gasteiger partial charge in [0.05, 0.1) is 28.4 Å². The quantitative estimate of drug-likeness (QED) is 0.175. The first-order chi connectivity index (χ1) is 28.7. The molecule has 0 amide bonds. The van der Waals surface area contributed by atoms with Crippen molar-refractivity contribution in [1.29, 1.82) is 5.26 Å². The predicted molar refractivity (Wildman–Crippen MR) is 235 cm³/mol. The summed E-state index contributed by atoms with van der Waals surface area (Å²) >= 11 is 1.84. The van der Waals surface area contributed by atoms with Gasteiger partial charge in [0.1, 0.15) is 0 Å². The molecule has 0 saturated heterocycles. The van der Waals surface area contributed by atoms with E-state index in [1.165, 1.54) is 43.2 Å². The molecule has 11 rings (SSSR count). The Hall–Kier alpha value is -7.32. The van der Waals surface area contributed by atoms with Gasteiger partial charge < -0.3 is 0 Å². The molecule has 270 valence electrons. The fraction of sp³-hybridized carbons (Fsp3) is 0.0185. The summed E-state index contributed by atoms with van der Waals surface area (Å²) in [4.78, 5) is 12.6. The lowest BCUT2D eigenvalue weighted by Gasteiger charge is -2.40. The Morgan fingerprint density at radius 3 is 1.48 bits per heavy atom. The number of fused-ring (bicyclic) bond motifs is 9. The molecular formula is C54H33N3S. The molecule has 2 aliphatic rings. The zero-order chi connectivity index (χ0) is 38.6. The van der Waals surface area contributed by atoms with Crippen LogP contribution in [0.15, 0.2) is 210 Å². The van der Waals surface area contributed by atoms with E-state index in [2.05, 4.69) is 146 Å². The second kappa shape index (κ2) is 13.7. The Kier molecular flexibility index (Phi) is 8.03. The van der Waals surface area contributed by atoms with E-state index in [4.69, 9.17) is 9.97 Å². The van der Waals surface area contributed by atoms with Crippen LogP contribution in [-0.2, 0) is 5.41 Å². The lowest BCUT2D eigenvalue weighted by atomic mass is 9.67. The Morgan fingerprint density at radius 1 is 0.379 bits per heavy atom. The summed E-state index contributed by atoms with van der Waals surface area (Å²) < 4.78 is 0. The van der Waals surface area contributed by atoms with Gasteiger partial charge in [-0.05, 0) is 92.0 Å².